The Morgan fingerprint density at radius 3 is 2.31 bits per heavy atom. The van der Waals surface area contributed by atoms with Gasteiger partial charge in [0.15, 0.2) is 5.78 Å². The average molecular weight is 476 g/mol. The summed E-state index contributed by atoms with van der Waals surface area (Å²) in [7, 11) is 0. The molecule has 0 saturated carbocycles. The Morgan fingerprint density at radius 2 is 1.78 bits per heavy atom. The number of carbonyl (C=O) groups excluding carboxylic acids is 2. The second-order valence-corrected chi connectivity index (χ2v) is 9.61. The monoisotopic (exact) mass is 475 g/mol. The predicted molar refractivity (Wildman–Crippen MR) is 125 cm³/mol. The quantitative estimate of drug-likeness (QED) is 0.540. The lowest BCUT2D eigenvalue weighted by Gasteiger charge is -2.51. The van der Waals surface area contributed by atoms with Crippen LogP contribution in [0.5, 0.6) is 0 Å². The van der Waals surface area contributed by atoms with Crippen LogP contribution in [-0.2, 0) is 14.4 Å². The zero-order valence-corrected chi connectivity index (χ0v) is 19.9. The minimum absolute atomic E-state index is 0.135. The van der Waals surface area contributed by atoms with Gasteiger partial charge >= 0.3 is 5.97 Å². The lowest BCUT2D eigenvalue weighted by molar-refractivity contribution is -0.162. The van der Waals surface area contributed by atoms with Gasteiger partial charge in [-0.3, -0.25) is 14.4 Å². The van der Waals surface area contributed by atoms with Gasteiger partial charge in [-0.15, -0.1) is 0 Å². The van der Waals surface area contributed by atoms with Gasteiger partial charge in [0.1, 0.15) is 0 Å². The van der Waals surface area contributed by atoms with E-state index in [2.05, 4.69) is 0 Å². The number of halogens is 2. The molecule has 7 heteroatoms. The molecule has 0 aromatic heterocycles. The molecule has 1 N–H and O–H groups in total. The first-order chi connectivity index (χ1) is 15.1. The SMILES string of the molecule is CC[C@H](C(C)=O)N1C(=O)[C@@](C)(CC(=O)O)C[C@H](c2cccc(Cl)c2)[C@H]1c1ccc(Cl)cc1. The van der Waals surface area contributed by atoms with Crippen molar-refractivity contribution in [3.8, 4) is 0 Å². The van der Waals surface area contributed by atoms with Crippen molar-refractivity contribution in [1.82, 2.24) is 4.90 Å². The van der Waals surface area contributed by atoms with Crippen molar-refractivity contribution in [3.63, 3.8) is 0 Å². The van der Waals surface area contributed by atoms with Gasteiger partial charge in [0.05, 0.1) is 23.9 Å². The number of rotatable bonds is 7. The summed E-state index contributed by atoms with van der Waals surface area (Å²) in [5.74, 6) is -1.76. The Hall–Kier alpha value is -2.37. The number of ketones is 1. The second kappa shape index (κ2) is 9.63. The van der Waals surface area contributed by atoms with Crippen molar-refractivity contribution in [3.05, 3.63) is 69.7 Å². The third-order valence-electron chi connectivity index (χ3n) is 6.32. The Balaban J connectivity index is 2.26. The van der Waals surface area contributed by atoms with Crippen molar-refractivity contribution in [2.75, 3.05) is 0 Å². The van der Waals surface area contributed by atoms with Crippen LogP contribution in [0.15, 0.2) is 48.5 Å². The molecule has 0 spiro atoms. The molecule has 2 aromatic rings. The molecule has 1 aliphatic rings. The first-order valence-electron chi connectivity index (χ1n) is 10.6. The number of aliphatic carboxylic acids is 1. The average Bonchev–Trinajstić information content (AvgIpc) is 2.71. The number of benzene rings is 2. The summed E-state index contributed by atoms with van der Waals surface area (Å²) < 4.78 is 0. The highest BCUT2D eigenvalue weighted by molar-refractivity contribution is 6.30. The van der Waals surface area contributed by atoms with Gasteiger partial charge in [-0.2, -0.15) is 0 Å². The molecule has 2 aromatic carbocycles. The summed E-state index contributed by atoms with van der Waals surface area (Å²) in [5, 5.41) is 10.7. The summed E-state index contributed by atoms with van der Waals surface area (Å²) in [6, 6.07) is 13.5. The lowest BCUT2D eigenvalue weighted by atomic mass is 9.67. The fourth-order valence-corrected chi connectivity index (χ4v) is 5.23. The third kappa shape index (κ3) is 4.84. The van der Waals surface area contributed by atoms with E-state index in [-0.39, 0.29) is 24.0 Å². The number of likely N-dealkylation sites (tertiary alicyclic amines) is 1. The summed E-state index contributed by atoms with van der Waals surface area (Å²) in [5.41, 5.74) is 0.569. The highest BCUT2D eigenvalue weighted by atomic mass is 35.5. The Labute approximate surface area is 198 Å². The highest BCUT2D eigenvalue weighted by Gasteiger charge is 2.52. The second-order valence-electron chi connectivity index (χ2n) is 8.74. The molecular formula is C25H27Cl2NO4. The standard InChI is InChI=1S/C25H27Cl2NO4/c1-4-21(15(2)29)28-23(16-8-10-18(26)11-9-16)20(17-6-5-7-19(27)12-17)13-25(3,24(28)32)14-22(30)31/h5-12,20-21,23H,4,13-14H2,1-3H3,(H,30,31)/t20-,21-,23-,25-/m1/s1. The number of hydrogen-bond donors (Lipinski definition) is 1. The molecule has 0 radical (unpaired) electrons. The van der Waals surface area contributed by atoms with Crippen LogP contribution in [0.25, 0.3) is 0 Å². The summed E-state index contributed by atoms with van der Waals surface area (Å²) in [6.45, 7) is 5.01. The summed E-state index contributed by atoms with van der Waals surface area (Å²) >= 11 is 12.4. The van der Waals surface area contributed by atoms with Crippen LogP contribution >= 0.6 is 23.2 Å². The molecule has 4 atom stereocenters. The highest BCUT2D eigenvalue weighted by Crippen LogP contribution is 2.52. The van der Waals surface area contributed by atoms with Crippen LogP contribution in [0, 0.1) is 5.41 Å². The topological polar surface area (TPSA) is 74.7 Å². The molecule has 0 aliphatic carbocycles. The number of nitrogens with zero attached hydrogens (tertiary/aromatic N) is 1. The van der Waals surface area contributed by atoms with Crippen molar-refractivity contribution in [1.29, 1.82) is 0 Å². The maximum atomic E-state index is 13.8. The molecule has 1 saturated heterocycles. The number of piperidine rings is 1. The molecule has 1 amide bonds. The molecule has 3 rings (SSSR count). The number of hydrogen-bond acceptors (Lipinski definition) is 3. The molecule has 1 fully saturated rings. The van der Waals surface area contributed by atoms with Gasteiger partial charge in [0.25, 0.3) is 0 Å². The van der Waals surface area contributed by atoms with E-state index < -0.39 is 23.5 Å². The van der Waals surface area contributed by atoms with Gasteiger partial charge in [-0.25, -0.2) is 0 Å². The number of carbonyl (C=O) groups is 3. The molecule has 1 heterocycles. The van der Waals surface area contributed by atoms with Crippen LogP contribution in [0.3, 0.4) is 0 Å². The van der Waals surface area contributed by atoms with Crippen molar-refractivity contribution in [2.24, 2.45) is 5.41 Å². The van der Waals surface area contributed by atoms with Gasteiger partial charge in [0.2, 0.25) is 5.91 Å². The zero-order valence-electron chi connectivity index (χ0n) is 18.3. The number of Topliss-reactive ketones (excluding diaryl/α,β-unsaturated/α-hetero) is 1. The largest absolute Gasteiger partial charge is 0.481 e. The maximum absolute atomic E-state index is 13.8. The molecular weight excluding hydrogens is 449 g/mol. The molecule has 5 nitrogen and oxygen atoms in total. The number of amides is 1. The van der Waals surface area contributed by atoms with Gasteiger partial charge in [-0.05, 0) is 55.2 Å². The van der Waals surface area contributed by atoms with E-state index >= 15 is 0 Å². The molecule has 1 aliphatic heterocycles. The van der Waals surface area contributed by atoms with Gasteiger partial charge < -0.3 is 10.0 Å². The van der Waals surface area contributed by atoms with E-state index in [1.54, 1.807) is 30.0 Å². The first kappa shape index (κ1) is 24.3. The molecule has 0 bridgehead atoms. The summed E-state index contributed by atoms with van der Waals surface area (Å²) in [4.78, 5) is 39.8. The Kier molecular flexibility index (Phi) is 7.31. The third-order valence-corrected chi connectivity index (χ3v) is 6.81. The van der Waals surface area contributed by atoms with E-state index in [4.69, 9.17) is 23.2 Å². The van der Waals surface area contributed by atoms with Crippen LogP contribution in [-0.4, -0.2) is 33.7 Å². The van der Waals surface area contributed by atoms with Crippen LogP contribution in [0.4, 0.5) is 0 Å². The van der Waals surface area contributed by atoms with E-state index in [9.17, 15) is 19.5 Å². The number of carboxylic acid groups (broad SMARTS) is 1. The van der Waals surface area contributed by atoms with Crippen molar-refractivity contribution in [2.45, 2.75) is 58.0 Å². The Morgan fingerprint density at radius 1 is 1.12 bits per heavy atom. The van der Waals surface area contributed by atoms with Crippen LogP contribution in [0.1, 0.15) is 63.1 Å². The fraction of sp³-hybridized carbons (Fsp3) is 0.400. The zero-order chi connectivity index (χ0) is 23.6. The van der Waals surface area contributed by atoms with E-state index in [0.717, 1.165) is 11.1 Å². The van der Waals surface area contributed by atoms with Crippen molar-refractivity contribution >= 4 is 40.9 Å². The predicted octanol–water partition coefficient (Wildman–Crippen LogP) is 5.90. The fourth-order valence-electron chi connectivity index (χ4n) is 4.90. The van der Waals surface area contributed by atoms with E-state index in [1.165, 1.54) is 6.92 Å². The first-order valence-corrected chi connectivity index (χ1v) is 11.4. The van der Waals surface area contributed by atoms with Gasteiger partial charge in [0, 0.05) is 16.0 Å². The minimum Gasteiger partial charge on any atom is -0.481 e. The van der Waals surface area contributed by atoms with E-state index in [1.807, 2.05) is 37.3 Å². The Bertz CT molecular complexity index is 1020. The summed E-state index contributed by atoms with van der Waals surface area (Å²) in [6.07, 6.45) is 0.425. The molecule has 32 heavy (non-hydrogen) atoms. The normalized spacial score (nSPS) is 24.3. The minimum atomic E-state index is -1.16. The molecule has 170 valence electrons. The smallest absolute Gasteiger partial charge is 0.304 e. The van der Waals surface area contributed by atoms with Gasteiger partial charge in [-0.1, -0.05) is 61.3 Å². The maximum Gasteiger partial charge on any atom is 0.304 e. The lowest BCUT2D eigenvalue weighted by Crippen LogP contribution is -2.57. The van der Waals surface area contributed by atoms with Crippen molar-refractivity contribution < 1.29 is 19.5 Å². The van der Waals surface area contributed by atoms with E-state index in [0.29, 0.717) is 22.9 Å². The molecule has 0 unspecified atom stereocenters. The van der Waals surface area contributed by atoms with Crippen LogP contribution in [0.2, 0.25) is 10.0 Å². The number of carboxylic acids is 1. The van der Waals surface area contributed by atoms with Crippen LogP contribution < -0.4 is 0 Å².